The number of benzene rings is 2. The Hall–Kier alpha value is -1.48. The van der Waals surface area contributed by atoms with Crippen molar-refractivity contribution < 1.29 is 8.60 Å². The summed E-state index contributed by atoms with van der Waals surface area (Å²) in [5.41, 5.74) is 4.65. The SMILES string of the molecule is Cc1cc(C)c(CS(=O)c2ccc(F)cc2)c(C)c1. The van der Waals surface area contributed by atoms with Crippen LogP contribution in [0, 0.1) is 26.6 Å². The Kier molecular flexibility index (Phi) is 4.15. The number of hydrogen-bond acceptors (Lipinski definition) is 1. The van der Waals surface area contributed by atoms with E-state index in [4.69, 9.17) is 0 Å². The molecule has 0 radical (unpaired) electrons. The third-order valence-corrected chi connectivity index (χ3v) is 4.54. The molecule has 0 fully saturated rings. The van der Waals surface area contributed by atoms with Gasteiger partial charge in [-0.2, -0.15) is 0 Å². The van der Waals surface area contributed by atoms with E-state index in [2.05, 4.69) is 19.1 Å². The standard InChI is InChI=1S/C16H17FOS/c1-11-8-12(2)16(13(3)9-11)10-19(18)15-6-4-14(17)5-7-15/h4-9H,10H2,1-3H3. The van der Waals surface area contributed by atoms with Crippen molar-refractivity contribution in [1.29, 1.82) is 0 Å². The Labute approximate surface area is 115 Å². The maximum atomic E-state index is 12.9. The quantitative estimate of drug-likeness (QED) is 0.826. The molecule has 100 valence electrons. The predicted octanol–water partition coefficient (Wildman–Crippen LogP) is 4.06. The lowest BCUT2D eigenvalue weighted by Gasteiger charge is -2.11. The zero-order chi connectivity index (χ0) is 14.0. The summed E-state index contributed by atoms with van der Waals surface area (Å²) in [5, 5.41) is 0. The molecule has 2 rings (SSSR count). The molecule has 2 aromatic rings. The van der Waals surface area contributed by atoms with Crippen LogP contribution in [0.2, 0.25) is 0 Å². The van der Waals surface area contributed by atoms with E-state index in [1.807, 2.05) is 13.8 Å². The second kappa shape index (κ2) is 5.66. The first-order valence-electron chi connectivity index (χ1n) is 6.18. The van der Waals surface area contributed by atoms with Crippen molar-refractivity contribution >= 4 is 10.8 Å². The lowest BCUT2D eigenvalue weighted by Crippen LogP contribution is -2.01. The van der Waals surface area contributed by atoms with Gasteiger partial charge in [0, 0.05) is 4.90 Å². The van der Waals surface area contributed by atoms with Gasteiger partial charge in [-0.1, -0.05) is 17.7 Å². The Bertz CT molecular complexity index is 594. The minimum atomic E-state index is -1.14. The van der Waals surface area contributed by atoms with Crippen LogP contribution < -0.4 is 0 Å². The Morgan fingerprint density at radius 2 is 1.53 bits per heavy atom. The monoisotopic (exact) mass is 276 g/mol. The van der Waals surface area contributed by atoms with Crippen LogP contribution in [0.4, 0.5) is 4.39 Å². The molecule has 19 heavy (non-hydrogen) atoms. The van der Waals surface area contributed by atoms with Crippen LogP contribution in [-0.4, -0.2) is 4.21 Å². The number of hydrogen-bond donors (Lipinski definition) is 0. The number of aryl methyl sites for hydroxylation is 3. The molecule has 0 spiro atoms. The highest BCUT2D eigenvalue weighted by Gasteiger charge is 2.10. The van der Waals surface area contributed by atoms with Crippen LogP contribution in [0.25, 0.3) is 0 Å². The lowest BCUT2D eigenvalue weighted by molar-refractivity contribution is 0.626. The Balaban J connectivity index is 2.26. The number of rotatable bonds is 3. The van der Waals surface area contributed by atoms with Gasteiger partial charge >= 0.3 is 0 Å². The Morgan fingerprint density at radius 3 is 2.05 bits per heavy atom. The molecule has 1 atom stereocenters. The molecule has 2 aromatic carbocycles. The topological polar surface area (TPSA) is 17.1 Å². The highest BCUT2D eigenvalue weighted by molar-refractivity contribution is 7.84. The van der Waals surface area contributed by atoms with Gasteiger partial charge in [0.1, 0.15) is 5.82 Å². The van der Waals surface area contributed by atoms with Crippen molar-refractivity contribution in [1.82, 2.24) is 0 Å². The van der Waals surface area contributed by atoms with E-state index < -0.39 is 10.8 Å². The van der Waals surface area contributed by atoms with E-state index in [0.29, 0.717) is 10.6 Å². The zero-order valence-corrected chi connectivity index (χ0v) is 12.2. The van der Waals surface area contributed by atoms with Crippen LogP contribution >= 0.6 is 0 Å². The van der Waals surface area contributed by atoms with Crippen molar-refractivity contribution in [3.63, 3.8) is 0 Å². The third-order valence-electron chi connectivity index (χ3n) is 3.19. The van der Waals surface area contributed by atoms with E-state index in [9.17, 15) is 8.60 Å². The van der Waals surface area contributed by atoms with E-state index in [1.165, 1.54) is 17.7 Å². The summed E-state index contributed by atoms with van der Waals surface area (Å²) >= 11 is 0. The molecule has 0 amide bonds. The van der Waals surface area contributed by atoms with Crippen LogP contribution in [0.15, 0.2) is 41.3 Å². The van der Waals surface area contributed by atoms with E-state index >= 15 is 0 Å². The summed E-state index contributed by atoms with van der Waals surface area (Å²) < 4.78 is 25.2. The van der Waals surface area contributed by atoms with Crippen molar-refractivity contribution in [2.75, 3.05) is 0 Å². The minimum Gasteiger partial charge on any atom is -0.254 e. The fourth-order valence-corrected chi connectivity index (χ4v) is 3.56. The molecule has 0 aliphatic heterocycles. The first-order valence-corrected chi connectivity index (χ1v) is 7.50. The van der Waals surface area contributed by atoms with Gasteiger partial charge in [0.05, 0.1) is 16.6 Å². The molecule has 0 heterocycles. The molecule has 0 aliphatic carbocycles. The summed E-state index contributed by atoms with van der Waals surface area (Å²) in [7, 11) is -1.14. The van der Waals surface area contributed by atoms with E-state index in [0.717, 1.165) is 16.7 Å². The van der Waals surface area contributed by atoms with Gasteiger partial charge in [-0.25, -0.2) is 4.39 Å². The van der Waals surface area contributed by atoms with Crippen LogP contribution in [0.1, 0.15) is 22.3 Å². The first-order chi connectivity index (χ1) is 8.97. The van der Waals surface area contributed by atoms with Gasteiger partial charge in [-0.05, 0) is 61.7 Å². The molecular formula is C16H17FOS. The predicted molar refractivity (Wildman–Crippen MR) is 77.2 cm³/mol. The van der Waals surface area contributed by atoms with Gasteiger partial charge < -0.3 is 0 Å². The maximum absolute atomic E-state index is 12.9. The van der Waals surface area contributed by atoms with Crippen LogP contribution in [-0.2, 0) is 16.6 Å². The average Bonchev–Trinajstić information content (AvgIpc) is 2.34. The molecule has 0 N–H and O–H groups in total. The van der Waals surface area contributed by atoms with Gasteiger partial charge in [0.25, 0.3) is 0 Å². The number of halogens is 1. The summed E-state index contributed by atoms with van der Waals surface area (Å²) in [4.78, 5) is 0.667. The second-order valence-electron chi connectivity index (χ2n) is 4.82. The summed E-state index contributed by atoms with van der Waals surface area (Å²) in [6.07, 6.45) is 0. The van der Waals surface area contributed by atoms with Crippen molar-refractivity contribution in [3.8, 4) is 0 Å². The summed E-state index contributed by atoms with van der Waals surface area (Å²) in [6.45, 7) is 6.13. The highest BCUT2D eigenvalue weighted by atomic mass is 32.2. The molecule has 0 bridgehead atoms. The first kappa shape index (κ1) is 13.9. The molecular weight excluding hydrogens is 259 g/mol. The largest absolute Gasteiger partial charge is 0.254 e. The molecule has 0 saturated carbocycles. The zero-order valence-electron chi connectivity index (χ0n) is 11.4. The van der Waals surface area contributed by atoms with Crippen molar-refractivity contribution in [2.24, 2.45) is 0 Å². The van der Waals surface area contributed by atoms with Gasteiger partial charge in [0.2, 0.25) is 0 Å². The maximum Gasteiger partial charge on any atom is 0.123 e. The van der Waals surface area contributed by atoms with Crippen LogP contribution in [0.3, 0.4) is 0 Å². The fraction of sp³-hybridized carbons (Fsp3) is 0.250. The summed E-state index contributed by atoms with van der Waals surface area (Å²) in [6, 6.07) is 10.1. The van der Waals surface area contributed by atoms with Crippen molar-refractivity contribution in [2.45, 2.75) is 31.4 Å². The third kappa shape index (κ3) is 3.29. The molecule has 0 aliphatic rings. The van der Waals surface area contributed by atoms with Gasteiger partial charge in [-0.3, -0.25) is 4.21 Å². The Morgan fingerprint density at radius 1 is 1.00 bits per heavy atom. The molecule has 0 aromatic heterocycles. The molecule has 1 nitrogen and oxygen atoms in total. The van der Waals surface area contributed by atoms with E-state index in [1.54, 1.807) is 12.1 Å². The molecule has 1 unspecified atom stereocenters. The summed E-state index contributed by atoms with van der Waals surface area (Å²) in [5.74, 6) is 0.173. The second-order valence-corrected chi connectivity index (χ2v) is 6.27. The van der Waals surface area contributed by atoms with Gasteiger partial charge in [-0.15, -0.1) is 0 Å². The lowest BCUT2D eigenvalue weighted by atomic mass is 10.0. The van der Waals surface area contributed by atoms with Crippen LogP contribution in [0.5, 0.6) is 0 Å². The average molecular weight is 276 g/mol. The highest BCUT2D eigenvalue weighted by Crippen LogP contribution is 2.20. The fourth-order valence-electron chi connectivity index (χ4n) is 2.24. The molecule has 3 heteroatoms. The van der Waals surface area contributed by atoms with Gasteiger partial charge in [0.15, 0.2) is 0 Å². The molecule has 0 saturated heterocycles. The van der Waals surface area contributed by atoms with Crippen molar-refractivity contribution in [3.05, 3.63) is 64.5 Å². The smallest absolute Gasteiger partial charge is 0.123 e. The van der Waals surface area contributed by atoms with E-state index in [-0.39, 0.29) is 5.82 Å². The minimum absolute atomic E-state index is 0.302. The normalized spacial score (nSPS) is 12.4.